The second-order valence-corrected chi connectivity index (χ2v) is 4.95. The zero-order chi connectivity index (χ0) is 12.8. The van der Waals surface area contributed by atoms with Gasteiger partial charge in [-0.1, -0.05) is 13.8 Å². The number of nitrogens with one attached hydrogen (secondary N) is 1. The Morgan fingerprint density at radius 1 is 1.47 bits per heavy atom. The summed E-state index contributed by atoms with van der Waals surface area (Å²) >= 11 is 0. The number of likely N-dealkylation sites (tertiary alicyclic amines) is 1. The Labute approximate surface area is 102 Å². The van der Waals surface area contributed by atoms with E-state index >= 15 is 0 Å². The molecule has 1 unspecified atom stereocenters. The third-order valence-electron chi connectivity index (χ3n) is 2.99. The van der Waals surface area contributed by atoms with Crippen molar-refractivity contribution in [1.29, 1.82) is 0 Å². The van der Waals surface area contributed by atoms with Gasteiger partial charge in [-0.15, -0.1) is 0 Å². The fourth-order valence-electron chi connectivity index (χ4n) is 2.10. The van der Waals surface area contributed by atoms with Crippen LogP contribution in [0.2, 0.25) is 0 Å². The van der Waals surface area contributed by atoms with Gasteiger partial charge in [0.1, 0.15) is 0 Å². The largest absolute Gasteiger partial charge is 0.481 e. The zero-order valence-electron chi connectivity index (χ0n) is 10.6. The molecule has 17 heavy (non-hydrogen) atoms. The predicted molar refractivity (Wildman–Crippen MR) is 64.7 cm³/mol. The van der Waals surface area contributed by atoms with E-state index in [1.54, 1.807) is 4.90 Å². The van der Waals surface area contributed by atoms with Crippen molar-refractivity contribution in [2.24, 2.45) is 5.92 Å². The van der Waals surface area contributed by atoms with Crippen molar-refractivity contribution in [2.45, 2.75) is 39.2 Å². The highest BCUT2D eigenvalue weighted by Gasteiger charge is 2.27. The third kappa shape index (κ3) is 5.17. The smallest absolute Gasteiger partial charge is 0.303 e. The van der Waals surface area contributed by atoms with E-state index < -0.39 is 5.97 Å². The number of carbonyl (C=O) groups is 2. The summed E-state index contributed by atoms with van der Waals surface area (Å²) in [5, 5.41) is 11.9. The number of aliphatic carboxylic acids is 1. The molecule has 5 nitrogen and oxygen atoms in total. The van der Waals surface area contributed by atoms with E-state index in [4.69, 9.17) is 5.11 Å². The van der Waals surface area contributed by atoms with E-state index in [9.17, 15) is 9.59 Å². The van der Waals surface area contributed by atoms with E-state index in [2.05, 4.69) is 5.32 Å². The fourth-order valence-corrected chi connectivity index (χ4v) is 2.10. The summed E-state index contributed by atoms with van der Waals surface area (Å²) in [6.07, 6.45) is 1.49. The Balaban J connectivity index is 2.23. The molecule has 1 amide bonds. The third-order valence-corrected chi connectivity index (χ3v) is 2.99. The fraction of sp³-hybridized carbons (Fsp3) is 0.833. The minimum absolute atomic E-state index is 0.131. The summed E-state index contributed by atoms with van der Waals surface area (Å²) in [5.74, 6) is -0.508. The van der Waals surface area contributed by atoms with Crippen LogP contribution in [0.5, 0.6) is 0 Å². The molecule has 0 aromatic rings. The number of rotatable bonds is 6. The van der Waals surface area contributed by atoms with Crippen molar-refractivity contribution in [3.05, 3.63) is 0 Å². The molecule has 0 radical (unpaired) electrons. The van der Waals surface area contributed by atoms with Crippen LogP contribution in [0.15, 0.2) is 0 Å². The predicted octanol–water partition coefficient (Wildman–Crippen LogP) is 0.698. The molecule has 98 valence electrons. The van der Waals surface area contributed by atoms with Crippen molar-refractivity contribution >= 4 is 11.9 Å². The van der Waals surface area contributed by atoms with Crippen molar-refractivity contribution in [1.82, 2.24) is 10.2 Å². The molecule has 5 heteroatoms. The van der Waals surface area contributed by atoms with E-state index in [1.165, 1.54) is 0 Å². The normalized spacial score (nSPS) is 19.9. The van der Waals surface area contributed by atoms with Crippen LogP contribution < -0.4 is 5.32 Å². The maximum atomic E-state index is 11.8. The Morgan fingerprint density at radius 3 is 2.76 bits per heavy atom. The van der Waals surface area contributed by atoms with Crippen LogP contribution in [-0.4, -0.2) is 47.6 Å². The van der Waals surface area contributed by atoms with Crippen LogP contribution in [0, 0.1) is 5.92 Å². The van der Waals surface area contributed by atoms with Gasteiger partial charge < -0.3 is 15.3 Å². The molecule has 0 aromatic heterocycles. The standard InChI is InChI=1S/C12H22N2O3/c1-9(2)13-5-3-11(15)14-6-4-10(8-14)7-12(16)17/h9-10,13H,3-8H2,1-2H3,(H,16,17). The maximum Gasteiger partial charge on any atom is 0.303 e. The van der Waals surface area contributed by atoms with E-state index in [0.29, 0.717) is 32.1 Å². The minimum atomic E-state index is -0.772. The van der Waals surface area contributed by atoms with Crippen molar-refractivity contribution in [3.63, 3.8) is 0 Å². The zero-order valence-corrected chi connectivity index (χ0v) is 10.6. The number of carboxylic acids is 1. The summed E-state index contributed by atoms with van der Waals surface area (Å²) in [6.45, 7) is 6.09. The van der Waals surface area contributed by atoms with Crippen LogP contribution in [0.25, 0.3) is 0 Å². The van der Waals surface area contributed by atoms with E-state index in [-0.39, 0.29) is 18.2 Å². The monoisotopic (exact) mass is 242 g/mol. The molecule has 0 bridgehead atoms. The minimum Gasteiger partial charge on any atom is -0.481 e. The van der Waals surface area contributed by atoms with Gasteiger partial charge in [-0.2, -0.15) is 0 Å². The van der Waals surface area contributed by atoms with Gasteiger partial charge in [0.2, 0.25) is 5.91 Å². The second kappa shape index (κ2) is 6.59. The van der Waals surface area contributed by atoms with E-state index in [1.807, 2.05) is 13.8 Å². The lowest BCUT2D eigenvalue weighted by Gasteiger charge is -2.17. The molecule has 1 fully saturated rings. The summed E-state index contributed by atoms with van der Waals surface area (Å²) in [6, 6.07) is 0.390. The van der Waals surface area contributed by atoms with Crippen molar-refractivity contribution < 1.29 is 14.7 Å². The number of nitrogens with zero attached hydrogens (tertiary/aromatic N) is 1. The van der Waals surface area contributed by atoms with Crippen LogP contribution in [0.3, 0.4) is 0 Å². The average molecular weight is 242 g/mol. The Bertz CT molecular complexity index is 279. The molecular formula is C12H22N2O3. The lowest BCUT2D eigenvalue weighted by atomic mass is 10.1. The lowest BCUT2D eigenvalue weighted by molar-refractivity contribution is -0.138. The molecule has 1 aliphatic rings. The lowest BCUT2D eigenvalue weighted by Crippen LogP contribution is -2.33. The van der Waals surface area contributed by atoms with Gasteiger partial charge in [-0.05, 0) is 12.3 Å². The SMILES string of the molecule is CC(C)NCCC(=O)N1CCC(CC(=O)O)C1. The number of carboxylic acid groups (broad SMARTS) is 1. The first kappa shape index (κ1) is 14.0. The second-order valence-electron chi connectivity index (χ2n) is 4.95. The highest BCUT2D eigenvalue weighted by molar-refractivity contribution is 5.76. The van der Waals surface area contributed by atoms with Crippen LogP contribution >= 0.6 is 0 Å². The summed E-state index contributed by atoms with van der Waals surface area (Å²) in [7, 11) is 0. The first-order valence-corrected chi connectivity index (χ1v) is 6.22. The topological polar surface area (TPSA) is 69.6 Å². The van der Waals surface area contributed by atoms with Gasteiger partial charge >= 0.3 is 5.97 Å². The number of carbonyl (C=O) groups excluding carboxylic acids is 1. The number of amides is 1. The molecule has 0 spiro atoms. The van der Waals surface area contributed by atoms with Crippen LogP contribution in [0.1, 0.15) is 33.1 Å². The summed E-state index contributed by atoms with van der Waals surface area (Å²) < 4.78 is 0. The molecule has 0 saturated carbocycles. The Kier molecular flexibility index (Phi) is 5.41. The molecule has 1 aliphatic heterocycles. The van der Waals surface area contributed by atoms with Gasteiger partial charge in [0.25, 0.3) is 0 Å². The number of hydrogen-bond acceptors (Lipinski definition) is 3. The first-order chi connectivity index (χ1) is 7.99. The maximum absolute atomic E-state index is 11.8. The molecule has 2 N–H and O–H groups in total. The molecular weight excluding hydrogens is 220 g/mol. The highest BCUT2D eigenvalue weighted by Crippen LogP contribution is 2.19. The van der Waals surface area contributed by atoms with Gasteiger partial charge in [0.05, 0.1) is 0 Å². The molecule has 0 aliphatic carbocycles. The Hall–Kier alpha value is -1.10. The molecule has 1 rings (SSSR count). The van der Waals surface area contributed by atoms with Crippen molar-refractivity contribution in [3.8, 4) is 0 Å². The van der Waals surface area contributed by atoms with Gasteiger partial charge in [0.15, 0.2) is 0 Å². The van der Waals surface area contributed by atoms with Gasteiger partial charge in [-0.25, -0.2) is 0 Å². The van der Waals surface area contributed by atoms with Gasteiger partial charge in [0, 0.05) is 38.5 Å². The molecule has 0 aromatic carbocycles. The quantitative estimate of drug-likeness (QED) is 0.719. The summed E-state index contributed by atoms with van der Waals surface area (Å²) in [5.41, 5.74) is 0. The molecule has 1 atom stereocenters. The highest BCUT2D eigenvalue weighted by atomic mass is 16.4. The van der Waals surface area contributed by atoms with Crippen LogP contribution in [0.4, 0.5) is 0 Å². The molecule has 1 saturated heterocycles. The molecule has 1 heterocycles. The van der Waals surface area contributed by atoms with Gasteiger partial charge in [-0.3, -0.25) is 9.59 Å². The van der Waals surface area contributed by atoms with Crippen molar-refractivity contribution in [2.75, 3.05) is 19.6 Å². The van der Waals surface area contributed by atoms with Crippen LogP contribution in [-0.2, 0) is 9.59 Å². The number of hydrogen-bond donors (Lipinski definition) is 2. The van der Waals surface area contributed by atoms with E-state index in [0.717, 1.165) is 6.42 Å². The Morgan fingerprint density at radius 2 is 2.18 bits per heavy atom. The summed E-state index contributed by atoms with van der Waals surface area (Å²) in [4.78, 5) is 24.1. The first-order valence-electron chi connectivity index (χ1n) is 6.22. The average Bonchev–Trinajstić information content (AvgIpc) is 2.64.